The predicted molar refractivity (Wildman–Crippen MR) is 69.5 cm³/mol. The Balaban J connectivity index is 2.04. The van der Waals surface area contributed by atoms with Crippen LogP contribution in [0.15, 0.2) is 24.4 Å². The Kier molecular flexibility index (Phi) is 3.72. The number of anilines is 1. The molecule has 0 saturated carbocycles. The maximum absolute atomic E-state index is 11.9. The zero-order valence-corrected chi connectivity index (χ0v) is 10.5. The molecule has 94 valence electrons. The van der Waals surface area contributed by atoms with Gasteiger partial charge in [0.1, 0.15) is 5.82 Å². The van der Waals surface area contributed by atoms with Crippen molar-refractivity contribution < 1.29 is 4.79 Å². The number of rotatable bonds is 4. The van der Waals surface area contributed by atoms with Crippen LogP contribution < -0.4 is 5.32 Å². The Morgan fingerprint density at radius 1 is 1.44 bits per heavy atom. The summed E-state index contributed by atoms with van der Waals surface area (Å²) in [6.07, 6.45) is 3.62. The van der Waals surface area contributed by atoms with Gasteiger partial charge in [0.2, 0.25) is 0 Å². The molecule has 0 spiro atoms. The van der Waals surface area contributed by atoms with Crippen molar-refractivity contribution >= 4 is 11.7 Å². The summed E-state index contributed by atoms with van der Waals surface area (Å²) in [6.45, 7) is 4.03. The number of amides is 1. The van der Waals surface area contributed by atoms with Crippen LogP contribution in [0.4, 0.5) is 5.82 Å². The van der Waals surface area contributed by atoms with E-state index in [1.807, 2.05) is 13.0 Å². The normalized spacial score (nSPS) is 10.3. The lowest BCUT2D eigenvalue weighted by Crippen LogP contribution is -2.13. The first kappa shape index (κ1) is 12.3. The van der Waals surface area contributed by atoms with Gasteiger partial charge in [-0.25, -0.2) is 4.98 Å². The lowest BCUT2D eigenvalue weighted by molar-refractivity contribution is 0.102. The van der Waals surface area contributed by atoms with Crippen LogP contribution in [0, 0.1) is 6.92 Å². The zero-order valence-electron chi connectivity index (χ0n) is 10.5. The van der Waals surface area contributed by atoms with Crippen molar-refractivity contribution in [3.8, 4) is 0 Å². The number of nitrogens with zero attached hydrogens (tertiary/aromatic N) is 2. The highest BCUT2D eigenvalue weighted by Crippen LogP contribution is 2.07. The van der Waals surface area contributed by atoms with Gasteiger partial charge in [0.25, 0.3) is 5.91 Å². The summed E-state index contributed by atoms with van der Waals surface area (Å²) in [5, 5.41) is 9.54. The summed E-state index contributed by atoms with van der Waals surface area (Å²) in [5.74, 6) is 0.288. The molecule has 2 heterocycles. The summed E-state index contributed by atoms with van der Waals surface area (Å²) in [6, 6.07) is 5.44. The van der Waals surface area contributed by atoms with Crippen molar-refractivity contribution in [3.63, 3.8) is 0 Å². The van der Waals surface area contributed by atoms with Crippen molar-refractivity contribution in [2.45, 2.75) is 26.7 Å². The number of hydrogen-bond donors (Lipinski definition) is 2. The fourth-order valence-corrected chi connectivity index (χ4v) is 1.60. The lowest BCUT2D eigenvalue weighted by Gasteiger charge is -2.01. The summed E-state index contributed by atoms with van der Waals surface area (Å²) in [7, 11) is 0. The minimum absolute atomic E-state index is 0.245. The molecule has 18 heavy (non-hydrogen) atoms. The standard InChI is InChI=1S/C13H16N4O/c1-3-4-10-7-11(17-16-10)13(18)15-12-6-5-9(2)8-14-12/h5-8H,3-4H2,1-2H3,(H,16,17)(H,14,15,18). The van der Waals surface area contributed by atoms with Crippen molar-refractivity contribution in [1.29, 1.82) is 0 Å². The summed E-state index contributed by atoms with van der Waals surface area (Å²) in [4.78, 5) is 16.0. The third kappa shape index (κ3) is 2.94. The Bertz CT molecular complexity index is 530. The van der Waals surface area contributed by atoms with E-state index in [0.717, 1.165) is 24.1 Å². The molecule has 0 atom stereocenters. The van der Waals surface area contributed by atoms with Crippen molar-refractivity contribution in [1.82, 2.24) is 15.2 Å². The Labute approximate surface area is 106 Å². The van der Waals surface area contributed by atoms with E-state index >= 15 is 0 Å². The molecule has 2 rings (SSSR count). The number of carbonyl (C=O) groups excluding carboxylic acids is 1. The second-order valence-electron chi connectivity index (χ2n) is 4.20. The van der Waals surface area contributed by atoms with Crippen LogP contribution >= 0.6 is 0 Å². The molecule has 2 aromatic rings. The molecule has 0 fully saturated rings. The molecular formula is C13H16N4O. The quantitative estimate of drug-likeness (QED) is 0.867. The van der Waals surface area contributed by atoms with Gasteiger partial charge in [0.15, 0.2) is 5.69 Å². The molecule has 0 aromatic carbocycles. The Hall–Kier alpha value is -2.17. The maximum atomic E-state index is 11.9. The molecule has 5 nitrogen and oxygen atoms in total. The van der Waals surface area contributed by atoms with Crippen LogP contribution in [0.5, 0.6) is 0 Å². The Morgan fingerprint density at radius 3 is 2.94 bits per heavy atom. The van der Waals surface area contributed by atoms with E-state index < -0.39 is 0 Å². The van der Waals surface area contributed by atoms with Gasteiger partial charge in [0, 0.05) is 11.9 Å². The molecule has 0 unspecified atom stereocenters. The number of nitrogens with one attached hydrogen (secondary N) is 2. The highest BCUT2D eigenvalue weighted by atomic mass is 16.2. The van der Waals surface area contributed by atoms with E-state index in [1.54, 1.807) is 18.3 Å². The number of H-pyrrole nitrogens is 1. The highest BCUT2D eigenvalue weighted by Gasteiger charge is 2.10. The monoisotopic (exact) mass is 244 g/mol. The van der Waals surface area contributed by atoms with Crippen LogP contribution in [-0.2, 0) is 6.42 Å². The number of aryl methyl sites for hydroxylation is 2. The van der Waals surface area contributed by atoms with Crippen LogP contribution in [0.3, 0.4) is 0 Å². The SMILES string of the molecule is CCCc1cc(C(=O)Nc2ccc(C)cn2)n[nH]1. The lowest BCUT2D eigenvalue weighted by atomic mass is 10.2. The molecule has 0 aliphatic rings. The molecule has 0 aliphatic carbocycles. The average Bonchev–Trinajstić information content (AvgIpc) is 2.81. The summed E-state index contributed by atoms with van der Waals surface area (Å²) in [5.41, 5.74) is 2.42. The van der Waals surface area contributed by atoms with Crippen molar-refractivity contribution in [2.75, 3.05) is 5.32 Å². The average molecular weight is 244 g/mol. The first-order chi connectivity index (χ1) is 8.69. The first-order valence-electron chi connectivity index (χ1n) is 5.97. The van der Waals surface area contributed by atoms with E-state index in [0.29, 0.717) is 11.5 Å². The molecule has 5 heteroatoms. The maximum Gasteiger partial charge on any atom is 0.277 e. The number of hydrogen-bond acceptors (Lipinski definition) is 3. The van der Waals surface area contributed by atoms with Crippen LogP contribution in [0.2, 0.25) is 0 Å². The van der Waals surface area contributed by atoms with E-state index in [4.69, 9.17) is 0 Å². The molecule has 2 aromatic heterocycles. The van der Waals surface area contributed by atoms with E-state index in [9.17, 15) is 4.79 Å². The fraction of sp³-hybridized carbons (Fsp3) is 0.308. The topological polar surface area (TPSA) is 70.7 Å². The number of pyridine rings is 1. The Morgan fingerprint density at radius 2 is 2.28 bits per heavy atom. The smallest absolute Gasteiger partial charge is 0.277 e. The minimum Gasteiger partial charge on any atom is -0.305 e. The van der Waals surface area contributed by atoms with Gasteiger partial charge in [-0.05, 0) is 31.0 Å². The van der Waals surface area contributed by atoms with Gasteiger partial charge in [0.05, 0.1) is 0 Å². The van der Waals surface area contributed by atoms with Crippen molar-refractivity contribution in [2.24, 2.45) is 0 Å². The van der Waals surface area contributed by atoms with Crippen LogP contribution in [0.1, 0.15) is 35.1 Å². The summed E-state index contributed by atoms with van der Waals surface area (Å²) < 4.78 is 0. The van der Waals surface area contributed by atoms with Gasteiger partial charge < -0.3 is 5.32 Å². The van der Waals surface area contributed by atoms with E-state index in [1.165, 1.54) is 0 Å². The molecule has 0 aliphatic heterocycles. The largest absolute Gasteiger partial charge is 0.305 e. The number of aromatic amines is 1. The number of aromatic nitrogens is 3. The van der Waals surface area contributed by atoms with Gasteiger partial charge in [-0.1, -0.05) is 19.4 Å². The molecular weight excluding hydrogens is 228 g/mol. The van der Waals surface area contributed by atoms with Gasteiger partial charge in [-0.15, -0.1) is 0 Å². The minimum atomic E-state index is -0.245. The molecule has 2 N–H and O–H groups in total. The fourth-order valence-electron chi connectivity index (χ4n) is 1.60. The van der Waals surface area contributed by atoms with Gasteiger partial charge in [-0.3, -0.25) is 9.89 Å². The highest BCUT2D eigenvalue weighted by molar-refractivity contribution is 6.02. The van der Waals surface area contributed by atoms with Gasteiger partial charge >= 0.3 is 0 Å². The molecule has 0 radical (unpaired) electrons. The van der Waals surface area contributed by atoms with Crippen molar-refractivity contribution in [3.05, 3.63) is 41.3 Å². The van der Waals surface area contributed by atoms with Crippen LogP contribution in [0.25, 0.3) is 0 Å². The number of carbonyl (C=O) groups is 1. The molecule has 1 amide bonds. The second kappa shape index (κ2) is 5.44. The third-order valence-corrected chi connectivity index (χ3v) is 2.54. The molecule has 0 saturated heterocycles. The first-order valence-corrected chi connectivity index (χ1v) is 5.97. The summed E-state index contributed by atoms with van der Waals surface area (Å²) >= 11 is 0. The predicted octanol–water partition coefficient (Wildman–Crippen LogP) is 2.32. The van der Waals surface area contributed by atoms with Gasteiger partial charge in [-0.2, -0.15) is 5.10 Å². The van der Waals surface area contributed by atoms with E-state index in [2.05, 4.69) is 27.4 Å². The second-order valence-corrected chi connectivity index (χ2v) is 4.20. The van der Waals surface area contributed by atoms with Crippen LogP contribution in [-0.4, -0.2) is 21.1 Å². The zero-order chi connectivity index (χ0) is 13.0. The molecule has 0 bridgehead atoms. The third-order valence-electron chi connectivity index (χ3n) is 2.54. The van der Waals surface area contributed by atoms with E-state index in [-0.39, 0.29) is 5.91 Å².